The summed E-state index contributed by atoms with van der Waals surface area (Å²) in [6.07, 6.45) is -0.0422. The van der Waals surface area contributed by atoms with Gasteiger partial charge in [-0.05, 0) is 39.3 Å². The van der Waals surface area contributed by atoms with Crippen molar-refractivity contribution < 1.29 is 24.1 Å². The molecule has 0 bridgehead atoms. The second-order valence-electron chi connectivity index (χ2n) is 5.32. The van der Waals surface area contributed by atoms with Crippen LogP contribution >= 0.6 is 0 Å². The van der Waals surface area contributed by atoms with Crippen LogP contribution in [-0.4, -0.2) is 31.5 Å². The van der Waals surface area contributed by atoms with Crippen LogP contribution in [0.5, 0.6) is 11.5 Å². The fourth-order valence-electron chi connectivity index (χ4n) is 2.63. The maximum Gasteiger partial charge on any atom is 0.192 e. The van der Waals surface area contributed by atoms with Gasteiger partial charge in [0.25, 0.3) is 0 Å². The number of aliphatic hydroxyl groups is 1. The van der Waals surface area contributed by atoms with Gasteiger partial charge in [0.2, 0.25) is 0 Å². The Hall–Kier alpha value is -1.30. The van der Waals surface area contributed by atoms with Crippen LogP contribution in [0.1, 0.15) is 51.3 Å². The number of hydrogen-bond acceptors (Lipinski definition) is 5. The largest absolute Gasteiger partial charge is 0.493 e. The first-order valence-electron chi connectivity index (χ1n) is 7.95. The summed E-state index contributed by atoms with van der Waals surface area (Å²) in [5, 5.41) is 10.3. The third kappa shape index (κ3) is 3.37. The fraction of sp³-hybridized carbons (Fsp3) is 0.647. The maximum atomic E-state index is 10.3. The summed E-state index contributed by atoms with van der Waals surface area (Å²) in [6.45, 7) is 9.78. The second kappa shape index (κ2) is 7.31. The van der Waals surface area contributed by atoms with E-state index in [1.54, 1.807) is 0 Å². The number of rotatable bonds is 7. The first-order chi connectivity index (χ1) is 10.6. The summed E-state index contributed by atoms with van der Waals surface area (Å²) in [5.74, 6) is 0.448. The van der Waals surface area contributed by atoms with Gasteiger partial charge in [-0.3, -0.25) is 0 Å². The molecule has 1 N–H and O–H groups in total. The van der Waals surface area contributed by atoms with Crippen molar-refractivity contribution in [3.63, 3.8) is 0 Å². The molecule has 124 valence electrons. The van der Waals surface area contributed by atoms with Gasteiger partial charge in [0, 0.05) is 5.56 Å². The molecular formula is C17H26O5. The van der Waals surface area contributed by atoms with Crippen molar-refractivity contribution in [1.82, 2.24) is 0 Å². The molecule has 0 spiro atoms. The minimum Gasteiger partial charge on any atom is -0.493 e. The third-order valence-electron chi connectivity index (χ3n) is 3.79. The highest BCUT2D eigenvalue weighted by Gasteiger charge is 2.35. The quantitative estimate of drug-likeness (QED) is 0.838. The van der Waals surface area contributed by atoms with Gasteiger partial charge < -0.3 is 24.1 Å². The molecule has 5 nitrogen and oxygen atoms in total. The van der Waals surface area contributed by atoms with Crippen molar-refractivity contribution in [2.45, 2.75) is 46.0 Å². The van der Waals surface area contributed by atoms with Crippen LogP contribution in [0.2, 0.25) is 0 Å². The molecule has 2 rings (SSSR count). The summed E-state index contributed by atoms with van der Waals surface area (Å²) in [6, 6.07) is 3.76. The van der Waals surface area contributed by atoms with Crippen molar-refractivity contribution >= 4 is 0 Å². The predicted molar refractivity (Wildman–Crippen MR) is 83.3 cm³/mol. The van der Waals surface area contributed by atoms with Crippen LogP contribution in [0.25, 0.3) is 0 Å². The van der Waals surface area contributed by atoms with E-state index in [1.165, 1.54) is 0 Å². The topological polar surface area (TPSA) is 57.2 Å². The Morgan fingerprint density at radius 2 is 1.59 bits per heavy atom. The van der Waals surface area contributed by atoms with Crippen molar-refractivity contribution in [2.24, 2.45) is 0 Å². The maximum absolute atomic E-state index is 10.3. The lowest BCUT2D eigenvalue weighted by Gasteiger charge is -2.26. The van der Waals surface area contributed by atoms with E-state index < -0.39 is 11.9 Å². The van der Waals surface area contributed by atoms with E-state index >= 15 is 0 Å². The molecule has 5 heteroatoms. The molecule has 1 fully saturated rings. The zero-order chi connectivity index (χ0) is 16.2. The fourth-order valence-corrected chi connectivity index (χ4v) is 2.63. The average molecular weight is 310 g/mol. The van der Waals surface area contributed by atoms with E-state index in [0.29, 0.717) is 49.9 Å². The van der Waals surface area contributed by atoms with Gasteiger partial charge in [0.1, 0.15) is 11.5 Å². The molecule has 0 aliphatic carbocycles. The Labute approximate surface area is 132 Å². The molecule has 0 aromatic heterocycles. The summed E-state index contributed by atoms with van der Waals surface area (Å²) < 4.78 is 22.9. The highest BCUT2D eigenvalue weighted by molar-refractivity contribution is 5.50. The molecule has 22 heavy (non-hydrogen) atoms. The van der Waals surface area contributed by atoms with E-state index in [0.717, 1.165) is 5.56 Å². The first kappa shape index (κ1) is 17.1. The van der Waals surface area contributed by atoms with Gasteiger partial charge in [-0.2, -0.15) is 0 Å². The van der Waals surface area contributed by atoms with Crippen molar-refractivity contribution in [3.8, 4) is 11.5 Å². The minimum atomic E-state index is -0.798. The lowest BCUT2D eigenvalue weighted by molar-refractivity contribution is -0.149. The zero-order valence-electron chi connectivity index (χ0n) is 13.8. The van der Waals surface area contributed by atoms with Crippen molar-refractivity contribution in [3.05, 3.63) is 23.3 Å². The molecule has 1 atom stereocenters. The number of ether oxygens (including phenoxy) is 4. The van der Waals surface area contributed by atoms with E-state index in [1.807, 2.05) is 39.8 Å². The Bertz CT molecular complexity index is 467. The standard InChI is InChI=1S/C17H26O5/c1-5-13(18)16-14(19-6-2)10-12(11-15(16)20-7-3)17(4)21-8-9-22-17/h10-11,13,18H,5-9H2,1-4H3. The second-order valence-corrected chi connectivity index (χ2v) is 5.32. The highest BCUT2D eigenvalue weighted by Crippen LogP contribution is 2.42. The smallest absolute Gasteiger partial charge is 0.192 e. The van der Waals surface area contributed by atoms with Gasteiger partial charge >= 0.3 is 0 Å². The molecule has 1 aromatic rings. The van der Waals surface area contributed by atoms with Crippen molar-refractivity contribution in [1.29, 1.82) is 0 Å². The molecule has 1 saturated heterocycles. The van der Waals surface area contributed by atoms with Crippen LogP contribution in [0.15, 0.2) is 12.1 Å². The summed E-state index contributed by atoms with van der Waals surface area (Å²) in [5.41, 5.74) is 1.53. The lowest BCUT2D eigenvalue weighted by atomic mass is 9.98. The molecule has 1 heterocycles. The summed E-state index contributed by atoms with van der Waals surface area (Å²) in [4.78, 5) is 0. The van der Waals surface area contributed by atoms with Crippen LogP contribution < -0.4 is 9.47 Å². The third-order valence-corrected chi connectivity index (χ3v) is 3.79. The zero-order valence-corrected chi connectivity index (χ0v) is 13.8. The van der Waals surface area contributed by atoms with E-state index in [-0.39, 0.29) is 0 Å². The Morgan fingerprint density at radius 1 is 1.09 bits per heavy atom. The van der Waals surface area contributed by atoms with Gasteiger partial charge in [-0.15, -0.1) is 0 Å². The van der Waals surface area contributed by atoms with Crippen LogP contribution in [0, 0.1) is 0 Å². The first-order valence-corrected chi connectivity index (χ1v) is 7.95. The number of aliphatic hydroxyl groups excluding tert-OH is 1. The SMILES string of the molecule is CCOc1cc(C2(C)OCCO2)cc(OCC)c1C(O)CC. The van der Waals surface area contributed by atoms with Crippen LogP contribution in [0.4, 0.5) is 0 Å². The molecule has 0 saturated carbocycles. The predicted octanol–water partition coefficient (Wildman–Crippen LogP) is 3.15. The molecule has 1 unspecified atom stereocenters. The van der Waals surface area contributed by atoms with E-state index in [4.69, 9.17) is 18.9 Å². The highest BCUT2D eigenvalue weighted by atomic mass is 16.7. The number of benzene rings is 1. The lowest BCUT2D eigenvalue weighted by Crippen LogP contribution is -2.23. The van der Waals surface area contributed by atoms with Gasteiger partial charge in [0.05, 0.1) is 38.1 Å². The van der Waals surface area contributed by atoms with E-state index in [9.17, 15) is 5.11 Å². The van der Waals surface area contributed by atoms with Gasteiger partial charge in [-0.25, -0.2) is 0 Å². The Kier molecular flexibility index (Phi) is 5.67. The Balaban J connectivity index is 2.53. The normalized spacial score (nSPS) is 18.2. The van der Waals surface area contributed by atoms with Crippen molar-refractivity contribution in [2.75, 3.05) is 26.4 Å². The monoisotopic (exact) mass is 310 g/mol. The summed E-state index contributed by atoms with van der Waals surface area (Å²) >= 11 is 0. The summed E-state index contributed by atoms with van der Waals surface area (Å²) in [7, 11) is 0. The Morgan fingerprint density at radius 3 is 2.00 bits per heavy atom. The minimum absolute atomic E-state index is 0.511. The molecule has 1 aromatic carbocycles. The molecule has 0 amide bonds. The number of hydrogen-bond donors (Lipinski definition) is 1. The molecule has 1 aliphatic heterocycles. The molecule has 0 radical (unpaired) electrons. The average Bonchev–Trinajstić information content (AvgIpc) is 2.95. The van der Waals surface area contributed by atoms with Gasteiger partial charge in [-0.1, -0.05) is 6.92 Å². The molecular weight excluding hydrogens is 284 g/mol. The van der Waals surface area contributed by atoms with E-state index in [2.05, 4.69) is 0 Å². The molecule has 1 aliphatic rings. The van der Waals surface area contributed by atoms with Gasteiger partial charge in [0.15, 0.2) is 5.79 Å². The van der Waals surface area contributed by atoms with Crippen LogP contribution in [0.3, 0.4) is 0 Å². The van der Waals surface area contributed by atoms with Crippen LogP contribution in [-0.2, 0) is 15.3 Å².